The van der Waals surface area contributed by atoms with Crippen molar-refractivity contribution < 1.29 is 4.74 Å². The molecule has 0 aliphatic carbocycles. The van der Waals surface area contributed by atoms with Crippen LogP contribution in [0.1, 0.15) is 5.56 Å². The molecule has 0 aliphatic rings. The smallest absolute Gasteiger partial charge is 0.146 e. The standard InChI is InChI=1S/C13H9BrCl2O/c14-10-2-4-11(5-3-10)17-13-6-1-9(8-15)7-12(13)16/h1-7H,8H2. The van der Waals surface area contributed by atoms with Crippen molar-refractivity contribution in [1.29, 1.82) is 0 Å². The van der Waals surface area contributed by atoms with Gasteiger partial charge in [-0.3, -0.25) is 0 Å². The number of rotatable bonds is 3. The van der Waals surface area contributed by atoms with Crippen LogP contribution in [-0.4, -0.2) is 0 Å². The summed E-state index contributed by atoms with van der Waals surface area (Å²) in [4.78, 5) is 0. The molecule has 0 bridgehead atoms. The van der Waals surface area contributed by atoms with Gasteiger partial charge in [0.1, 0.15) is 11.5 Å². The Bertz CT molecular complexity index is 511. The maximum Gasteiger partial charge on any atom is 0.146 e. The molecule has 0 aromatic heterocycles. The third-order valence-electron chi connectivity index (χ3n) is 2.19. The normalized spacial score (nSPS) is 10.3. The van der Waals surface area contributed by atoms with Crippen molar-refractivity contribution in [3.63, 3.8) is 0 Å². The van der Waals surface area contributed by atoms with E-state index >= 15 is 0 Å². The van der Waals surface area contributed by atoms with Crippen molar-refractivity contribution in [3.8, 4) is 11.5 Å². The van der Waals surface area contributed by atoms with Gasteiger partial charge >= 0.3 is 0 Å². The van der Waals surface area contributed by atoms with Crippen LogP contribution in [0.15, 0.2) is 46.9 Å². The lowest BCUT2D eigenvalue weighted by molar-refractivity contribution is 0.482. The molecule has 17 heavy (non-hydrogen) atoms. The summed E-state index contributed by atoms with van der Waals surface area (Å²) in [6, 6.07) is 13.1. The van der Waals surface area contributed by atoms with Crippen molar-refractivity contribution in [1.82, 2.24) is 0 Å². The molecular weight excluding hydrogens is 323 g/mol. The topological polar surface area (TPSA) is 9.23 Å². The first-order valence-electron chi connectivity index (χ1n) is 4.97. The Morgan fingerprint density at radius 3 is 2.35 bits per heavy atom. The molecule has 88 valence electrons. The van der Waals surface area contributed by atoms with Crippen molar-refractivity contribution in [3.05, 3.63) is 57.5 Å². The van der Waals surface area contributed by atoms with Gasteiger partial charge in [0, 0.05) is 10.4 Å². The van der Waals surface area contributed by atoms with Gasteiger partial charge in [-0.1, -0.05) is 33.6 Å². The average Bonchev–Trinajstić information content (AvgIpc) is 2.34. The van der Waals surface area contributed by atoms with E-state index in [-0.39, 0.29) is 0 Å². The van der Waals surface area contributed by atoms with E-state index in [0.717, 1.165) is 15.8 Å². The van der Waals surface area contributed by atoms with E-state index in [1.807, 2.05) is 42.5 Å². The van der Waals surface area contributed by atoms with Gasteiger partial charge in [-0.2, -0.15) is 0 Å². The number of hydrogen-bond acceptors (Lipinski definition) is 1. The molecule has 0 aliphatic heterocycles. The molecule has 0 unspecified atom stereocenters. The van der Waals surface area contributed by atoms with Gasteiger partial charge in [0.25, 0.3) is 0 Å². The van der Waals surface area contributed by atoms with Crippen molar-refractivity contribution in [2.24, 2.45) is 0 Å². The van der Waals surface area contributed by atoms with Crippen LogP contribution in [0.25, 0.3) is 0 Å². The van der Waals surface area contributed by atoms with Crippen LogP contribution in [0.4, 0.5) is 0 Å². The molecule has 0 atom stereocenters. The van der Waals surface area contributed by atoms with Gasteiger partial charge in [0.15, 0.2) is 0 Å². The van der Waals surface area contributed by atoms with E-state index in [1.165, 1.54) is 0 Å². The van der Waals surface area contributed by atoms with Gasteiger partial charge in [-0.15, -0.1) is 11.6 Å². The predicted octanol–water partition coefficient (Wildman–Crippen LogP) is 5.63. The summed E-state index contributed by atoms with van der Waals surface area (Å²) < 4.78 is 6.68. The Morgan fingerprint density at radius 2 is 1.76 bits per heavy atom. The van der Waals surface area contributed by atoms with Crippen LogP contribution in [-0.2, 0) is 5.88 Å². The predicted molar refractivity (Wildman–Crippen MR) is 75.2 cm³/mol. The highest BCUT2D eigenvalue weighted by atomic mass is 79.9. The SMILES string of the molecule is ClCc1ccc(Oc2ccc(Br)cc2)c(Cl)c1. The first kappa shape index (κ1) is 12.7. The molecule has 0 N–H and O–H groups in total. The maximum absolute atomic E-state index is 6.10. The molecule has 0 heterocycles. The fourth-order valence-electron chi connectivity index (χ4n) is 1.34. The van der Waals surface area contributed by atoms with E-state index in [2.05, 4.69) is 15.9 Å². The van der Waals surface area contributed by atoms with Gasteiger partial charge < -0.3 is 4.74 Å². The second-order valence-corrected chi connectivity index (χ2v) is 5.04. The number of hydrogen-bond donors (Lipinski definition) is 0. The number of ether oxygens (including phenoxy) is 1. The number of benzene rings is 2. The zero-order chi connectivity index (χ0) is 12.3. The minimum absolute atomic E-state index is 0.443. The van der Waals surface area contributed by atoms with E-state index in [0.29, 0.717) is 16.7 Å². The average molecular weight is 332 g/mol. The summed E-state index contributed by atoms with van der Waals surface area (Å²) in [5.74, 6) is 1.81. The molecule has 0 saturated heterocycles. The fourth-order valence-corrected chi connectivity index (χ4v) is 2.01. The minimum Gasteiger partial charge on any atom is -0.456 e. The van der Waals surface area contributed by atoms with Gasteiger partial charge in [0.2, 0.25) is 0 Å². The Kier molecular flexibility index (Phi) is 4.32. The van der Waals surface area contributed by atoms with Crippen molar-refractivity contribution in [2.45, 2.75) is 5.88 Å². The first-order valence-corrected chi connectivity index (χ1v) is 6.67. The van der Waals surface area contributed by atoms with E-state index in [1.54, 1.807) is 0 Å². The number of alkyl halides is 1. The summed E-state index contributed by atoms with van der Waals surface area (Å²) >= 11 is 15.2. The molecular formula is C13H9BrCl2O. The molecule has 0 amide bonds. The van der Waals surface area contributed by atoms with Gasteiger partial charge in [-0.05, 0) is 42.0 Å². The Balaban J connectivity index is 2.21. The molecule has 0 saturated carbocycles. The lowest BCUT2D eigenvalue weighted by Gasteiger charge is -2.08. The Labute approximate surface area is 118 Å². The zero-order valence-electron chi connectivity index (χ0n) is 8.79. The van der Waals surface area contributed by atoms with Gasteiger partial charge in [0.05, 0.1) is 5.02 Å². The van der Waals surface area contributed by atoms with E-state index in [9.17, 15) is 0 Å². The Morgan fingerprint density at radius 1 is 1.06 bits per heavy atom. The van der Waals surface area contributed by atoms with Crippen LogP contribution < -0.4 is 4.74 Å². The molecule has 0 spiro atoms. The maximum atomic E-state index is 6.10. The zero-order valence-corrected chi connectivity index (χ0v) is 11.9. The lowest BCUT2D eigenvalue weighted by atomic mass is 10.2. The quantitative estimate of drug-likeness (QED) is 0.662. The largest absolute Gasteiger partial charge is 0.456 e. The van der Waals surface area contributed by atoms with Crippen LogP contribution >= 0.6 is 39.1 Å². The summed E-state index contributed by atoms with van der Waals surface area (Å²) in [5, 5.41) is 0.561. The highest BCUT2D eigenvalue weighted by Gasteiger charge is 2.04. The summed E-state index contributed by atoms with van der Waals surface area (Å²) in [6.07, 6.45) is 0. The molecule has 0 radical (unpaired) electrons. The monoisotopic (exact) mass is 330 g/mol. The number of halogens is 3. The third-order valence-corrected chi connectivity index (χ3v) is 3.32. The second-order valence-electron chi connectivity index (χ2n) is 3.45. The first-order chi connectivity index (χ1) is 8.19. The van der Waals surface area contributed by atoms with E-state index < -0.39 is 0 Å². The molecule has 4 heteroatoms. The highest BCUT2D eigenvalue weighted by Crippen LogP contribution is 2.31. The molecule has 2 aromatic rings. The Hall–Kier alpha value is -0.700. The van der Waals surface area contributed by atoms with E-state index in [4.69, 9.17) is 27.9 Å². The van der Waals surface area contributed by atoms with Crippen LogP contribution in [0.3, 0.4) is 0 Å². The minimum atomic E-state index is 0.443. The lowest BCUT2D eigenvalue weighted by Crippen LogP contribution is -1.86. The van der Waals surface area contributed by atoms with Crippen LogP contribution in [0.5, 0.6) is 11.5 Å². The summed E-state index contributed by atoms with van der Waals surface area (Å²) in [7, 11) is 0. The molecule has 2 aromatic carbocycles. The third kappa shape index (κ3) is 3.38. The molecule has 1 nitrogen and oxygen atoms in total. The van der Waals surface area contributed by atoms with Gasteiger partial charge in [-0.25, -0.2) is 0 Å². The molecule has 2 rings (SSSR count). The summed E-state index contributed by atoms with van der Waals surface area (Å²) in [6.45, 7) is 0. The summed E-state index contributed by atoms with van der Waals surface area (Å²) in [5.41, 5.74) is 0.972. The van der Waals surface area contributed by atoms with Crippen molar-refractivity contribution >= 4 is 39.1 Å². The van der Waals surface area contributed by atoms with Crippen molar-refractivity contribution in [2.75, 3.05) is 0 Å². The highest BCUT2D eigenvalue weighted by molar-refractivity contribution is 9.10. The molecule has 0 fully saturated rings. The van der Waals surface area contributed by atoms with Crippen LogP contribution in [0, 0.1) is 0 Å². The fraction of sp³-hybridized carbons (Fsp3) is 0.0769. The second kappa shape index (κ2) is 5.76. The van der Waals surface area contributed by atoms with Crippen LogP contribution in [0.2, 0.25) is 5.02 Å².